The van der Waals surface area contributed by atoms with Crippen molar-refractivity contribution in [1.29, 1.82) is 0 Å². The maximum Gasteiger partial charge on any atom is 0.345 e. The Morgan fingerprint density at radius 3 is 1.62 bits per heavy atom. The molecule has 13 nitrogen and oxygen atoms in total. The third kappa shape index (κ3) is 6.19. The summed E-state index contributed by atoms with van der Waals surface area (Å²) in [6, 6.07) is 10.1. The van der Waals surface area contributed by atoms with Gasteiger partial charge in [0.2, 0.25) is 5.62 Å². The molecule has 0 bridgehead atoms. The number of rotatable bonds is 7. The number of imidazole rings is 1. The van der Waals surface area contributed by atoms with Gasteiger partial charge >= 0.3 is 11.9 Å². The molecule has 0 aliphatic rings. The lowest BCUT2D eigenvalue weighted by atomic mass is 10.1. The van der Waals surface area contributed by atoms with E-state index in [-0.39, 0.29) is 16.6 Å². The summed E-state index contributed by atoms with van der Waals surface area (Å²) < 4.78 is 4.29. The van der Waals surface area contributed by atoms with Crippen molar-refractivity contribution in [2.75, 3.05) is 38.0 Å². The zero-order chi connectivity index (χ0) is 30.2. The lowest BCUT2D eigenvalue weighted by Crippen LogP contribution is -2.40. The standard InChI is InChI=1S/C27H37N9O4/c1-26(2,3)34-22-15-20(31(7)8)21(32(9)10)16-23(22)35(27(4,5)6)25(34)29-30-28-19-13-11-18(12-14-19)24(36(39)40)17-33(37)38/h11-17H,1-10H3/b24-17-,30-28?. The Morgan fingerprint density at radius 2 is 1.27 bits per heavy atom. The molecule has 0 N–H and O–H groups in total. The maximum atomic E-state index is 11.2. The predicted octanol–water partition coefficient (Wildman–Crippen LogP) is 5.54. The molecule has 214 valence electrons. The molecule has 2 aromatic carbocycles. The first-order chi connectivity index (χ1) is 18.4. The summed E-state index contributed by atoms with van der Waals surface area (Å²) in [6.07, 6.45) is 0.367. The fraction of sp³-hybridized carbons (Fsp3) is 0.444. The van der Waals surface area contributed by atoms with Crippen LogP contribution in [0, 0.1) is 20.2 Å². The molecule has 0 radical (unpaired) electrons. The van der Waals surface area contributed by atoms with Gasteiger partial charge in [0.25, 0.3) is 0 Å². The average molecular weight is 552 g/mol. The van der Waals surface area contributed by atoms with Crippen LogP contribution in [0.4, 0.5) is 17.1 Å². The first-order valence-electron chi connectivity index (χ1n) is 12.7. The van der Waals surface area contributed by atoms with Gasteiger partial charge in [-0.15, -0.1) is 5.11 Å². The number of nitrogens with zero attached hydrogens (tertiary/aromatic N) is 9. The number of hydrogen-bond acceptors (Lipinski definition) is 8. The lowest BCUT2D eigenvalue weighted by Gasteiger charge is -2.25. The molecule has 0 saturated heterocycles. The Labute approximate surface area is 233 Å². The fourth-order valence-corrected chi connectivity index (χ4v) is 4.50. The highest BCUT2D eigenvalue weighted by Crippen LogP contribution is 2.35. The monoisotopic (exact) mass is 551 g/mol. The minimum absolute atomic E-state index is 0.0874. The Balaban J connectivity index is 2.26. The van der Waals surface area contributed by atoms with E-state index in [2.05, 4.69) is 88.0 Å². The van der Waals surface area contributed by atoms with Crippen molar-refractivity contribution >= 4 is 33.8 Å². The highest BCUT2D eigenvalue weighted by Gasteiger charge is 2.28. The van der Waals surface area contributed by atoms with E-state index < -0.39 is 15.5 Å². The third-order valence-electron chi connectivity index (χ3n) is 6.14. The van der Waals surface area contributed by atoms with Crippen LogP contribution in [-0.2, 0) is 11.1 Å². The van der Waals surface area contributed by atoms with Crippen LogP contribution < -0.4 is 15.4 Å². The van der Waals surface area contributed by atoms with Gasteiger partial charge in [0.1, 0.15) is 0 Å². The van der Waals surface area contributed by atoms with E-state index in [0.29, 0.717) is 17.5 Å². The van der Waals surface area contributed by atoms with E-state index in [1.165, 1.54) is 24.3 Å². The van der Waals surface area contributed by atoms with Gasteiger partial charge in [-0.2, -0.15) is 0 Å². The summed E-state index contributed by atoms with van der Waals surface area (Å²) in [5.41, 5.74) is 3.90. The molecule has 3 rings (SSSR count). The van der Waals surface area contributed by atoms with Gasteiger partial charge in [0.15, 0.2) is 0 Å². The first kappa shape index (κ1) is 30.0. The third-order valence-corrected chi connectivity index (χ3v) is 6.14. The molecule has 0 spiro atoms. The second-order valence-corrected chi connectivity index (χ2v) is 11.8. The molecule has 0 aliphatic heterocycles. The molecule has 0 saturated carbocycles. The van der Waals surface area contributed by atoms with Crippen LogP contribution in [0.2, 0.25) is 0 Å². The van der Waals surface area contributed by atoms with Gasteiger partial charge in [0, 0.05) is 39.3 Å². The SMILES string of the molecule is CN(C)c1cc2c(cc1N(C)C)n(C(C)(C)C)c(=NN=Nc1ccc(/C(=C/[N+](=O)[O-])[N+](=O)[O-])cc1)n2C(C)(C)C. The van der Waals surface area contributed by atoms with Gasteiger partial charge in [0.05, 0.1) is 43.5 Å². The second kappa shape index (κ2) is 10.9. The number of anilines is 2. The smallest absolute Gasteiger partial charge is 0.345 e. The van der Waals surface area contributed by atoms with Crippen LogP contribution in [0.5, 0.6) is 0 Å². The van der Waals surface area contributed by atoms with Crippen LogP contribution in [0.1, 0.15) is 47.1 Å². The quantitative estimate of drug-likeness (QED) is 0.215. The minimum atomic E-state index is -0.855. The molecule has 0 amide bonds. The van der Waals surface area contributed by atoms with E-state index in [0.717, 1.165) is 22.4 Å². The van der Waals surface area contributed by atoms with Crippen molar-refractivity contribution < 1.29 is 9.85 Å². The molecule has 13 heteroatoms. The zero-order valence-electron chi connectivity index (χ0n) is 24.7. The van der Waals surface area contributed by atoms with Crippen molar-refractivity contribution in [2.24, 2.45) is 15.4 Å². The van der Waals surface area contributed by atoms with Gasteiger partial charge in [-0.3, -0.25) is 20.2 Å². The lowest BCUT2D eigenvalue weighted by molar-refractivity contribution is -0.425. The van der Waals surface area contributed by atoms with Crippen LogP contribution in [0.3, 0.4) is 0 Å². The average Bonchev–Trinajstić information content (AvgIpc) is 3.16. The number of benzene rings is 2. The second-order valence-electron chi connectivity index (χ2n) is 11.8. The molecule has 1 heterocycles. The van der Waals surface area contributed by atoms with Gasteiger partial charge < -0.3 is 18.9 Å². The number of hydrogen-bond donors (Lipinski definition) is 0. The summed E-state index contributed by atoms with van der Waals surface area (Å²) in [5.74, 6) is 0. The predicted molar refractivity (Wildman–Crippen MR) is 157 cm³/mol. The number of fused-ring (bicyclic) bond motifs is 1. The molecule has 40 heavy (non-hydrogen) atoms. The Morgan fingerprint density at radius 1 is 0.825 bits per heavy atom. The largest absolute Gasteiger partial charge is 0.376 e. The van der Waals surface area contributed by atoms with Crippen LogP contribution >= 0.6 is 0 Å². The summed E-state index contributed by atoms with van der Waals surface area (Å²) in [4.78, 5) is 24.5. The Kier molecular flexibility index (Phi) is 8.18. The van der Waals surface area contributed by atoms with Crippen molar-refractivity contribution in [1.82, 2.24) is 9.13 Å². The van der Waals surface area contributed by atoms with Crippen molar-refractivity contribution in [3.05, 3.63) is 74.0 Å². The number of nitro groups is 2. The van der Waals surface area contributed by atoms with Crippen molar-refractivity contribution in [3.8, 4) is 0 Å². The van der Waals surface area contributed by atoms with Gasteiger partial charge in [-0.1, -0.05) is 5.10 Å². The Bertz CT molecular complexity index is 1500. The fourth-order valence-electron chi connectivity index (χ4n) is 4.50. The molecule has 0 unspecified atom stereocenters. The summed E-state index contributed by atoms with van der Waals surface area (Å²) in [7, 11) is 8.07. The molecular weight excluding hydrogens is 514 g/mol. The molecule has 0 atom stereocenters. The normalized spacial score (nSPS) is 12.7. The van der Waals surface area contributed by atoms with Crippen molar-refractivity contribution in [3.63, 3.8) is 0 Å². The number of aromatic nitrogens is 2. The van der Waals surface area contributed by atoms with Crippen LogP contribution in [-0.4, -0.2) is 47.2 Å². The van der Waals surface area contributed by atoms with E-state index in [1.807, 2.05) is 28.2 Å². The molecular formula is C27H37N9O4. The van der Waals surface area contributed by atoms with E-state index in [4.69, 9.17) is 0 Å². The van der Waals surface area contributed by atoms with Crippen LogP contribution in [0.25, 0.3) is 16.7 Å². The molecule has 0 aliphatic carbocycles. The topological polar surface area (TPSA) is 140 Å². The highest BCUT2D eigenvalue weighted by molar-refractivity contribution is 5.89. The maximum absolute atomic E-state index is 11.2. The van der Waals surface area contributed by atoms with Gasteiger partial charge in [-0.05, 0) is 83.2 Å². The van der Waals surface area contributed by atoms with E-state index in [9.17, 15) is 20.2 Å². The van der Waals surface area contributed by atoms with Crippen molar-refractivity contribution in [2.45, 2.75) is 52.6 Å². The highest BCUT2D eigenvalue weighted by atomic mass is 16.6. The molecule has 0 fully saturated rings. The molecule has 3 aromatic rings. The van der Waals surface area contributed by atoms with Gasteiger partial charge in [-0.25, -0.2) is 0 Å². The van der Waals surface area contributed by atoms with E-state index >= 15 is 0 Å². The Hall–Kier alpha value is -4.55. The van der Waals surface area contributed by atoms with E-state index in [1.54, 1.807) is 0 Å². The summed E-state index contributed by atoms with van der Waals surface area (Å²) >= 11 is 0. The summed E-state index contributed by atoms with van der Waals surface area (Å²) in [6.45, 7) is 12.6. The minimum Gasteiger partial charge on any atom is -0.376 e. The zero-order valence-corrected chi connectivity index (χ0v) is 24.7. The van der Waals surface area contributed by atoms with Crippen LogP contribution in [0.15, 0.2) is 58.0 Å². The molecule has 1 aromatic heterocycles. The first-order valence-corrected chi connectivity index (χ1v) is 12.7. The summed E-state index contributed by atoms with van der Waals surface area (Å²) in [5, 5.41) is 35.0.